The third-order valence-corrected chi connectivity index (χ3v) is 3.54. The Bertz CT molecular complexity index is 412. The third-order valence-electron chi connectivity index (χ3n) is 2.37. The molecule has 2 aromatic rings. The van der Waals surface area contributed by atoms with Gasteiger partial charge in [-0.15, -0.1) is 11.8 Å². The van der Waals surface area contributed by atoms with Gasteiger partial charge in [-0.3, -0.25) is 5.32 Å². The maximum absolute atomic E-state index is 4.56. The Morgan fingerprint density at radius 3 is 3.07 bits per heavy atom. The number of thioether (sulfide) groups is 1. The summed E-state index contributed by atoms with van der Waals surface area (Å²) in [6, 6.07) is 8.14. The summed E-state index contributed by atoms with van der Waals surface area (Å²) >= 11 is 1.91. The number of rotatable bonds is 1. The molecule has 0 saturated carbocycles. The van der Waals surface area contributed by atoms with Crippen molar-refractivity contribution in [1.82, 2.24) is 15.3 Å². The molecule has 1 fully saturated rings. The van der Waals surface area contributed by atoms with Crippen molar-refractivity contribution >= 4 is 22.8 Å². The van der Waals surface area contributed by atoms with Gasteiger partial charge in [-0.1, -0.05) is 12.1 Å². The Hall–Kier alpha value is -1.00. The summed E-state index contributed by atoms with van der Waals surface area (Å²) in [4.78, 5) is 7.90. The number of fused-ring (bicyclic) bond motifs is 1. The van der Waals surface area contributed by atoms with Crippen molar-refractivity contribution < 1.29 is 0 Å². The van der Waals surface area contributed by atoms with Crippen LogP contribution >= 0.6 is 11.8 Å². The van der Waals surface area contributed by atoms with E-state index in [4.69, 9.17) is 0 Å². The van der Waals surface area contributed by atoms with Crippen molar-refractivity contribution in [2.24, 2.45) is 0 Å². The fourth-order valence-electron chi connectivity index (χ4n) is 1.70. The van der Waals surface area contributed by atoms with Crippen LogP contribution in [-0.4, -0.2) is 22.3 Å². The number of aromatic nitrogens is 2. The zero-order chi connectivity index (χ0) is 9.38. The summed E-state index contributed by atoms with van der Waals surface area (Å²) in [7, 11) is 0. The van der Waals surface area contributed by atoms with Crippen LogP contribution in [0.5, 0.6) is 0 Å². The van der Waals surface area contributed by atoms with Gasteiger partial charge in [0, 0.05) is 12.3 Å². The van der Waals surface area contributed by atoms with Gasteiger partial charge in [0.15, 0.2) is 0 Å². The lowest BCUT2D eigenvalue weighted by Gasteiger charge is -2.03. The zero-order valence-corrected chi connectivity index (χ0v) is 8.47. The predicted octanol–water partition coefficient (Wildman–Crippen LogP) is 1.90. The summed E-state index contributed by atoms with van der Waals surface area (Å²) in [5.74, 6) is 2.22. The van der Waals surface area contributed by atoms with Crippen molar-refractivity contribution in [2.75, 3.05) is 12.3 Å². The number of nitrogens with zero attached hydrogens (tertiary/aromatic N) is 1. The van der Waals surface area contributed by atoms with E-state index in [1.165, 1.54) is 5.75 Å². The number of aromatic amines is 1. The van der Waals surface area contributed by atoms with Crippen molar-refractivity contribution in [3.8, 4) is 0 Å². The monoisotopic (exact) mass is 205 g/mol. The van der Waals surface area contributed by atoms with Gasteiger partial charge in [0.2, 0.25) is 0 Å². The number of hydrogen-bond donors (Lipinski definition) is 2. The van der Waals surface area contributed by atoms with E-state index >= 15 is 0 Å². The lowest BCUT2D eigenvalue weighted by molar-refractivity contribution is 0.720. The first-order chi connectivity index (χ1) is 6.93. The largest absolute Gasteiger partial charge is 0.340 e. The highest BCUT2D eigenvalue weighted by atomic mass is 32.2. The van der Waals surface area contributed by atoms with E-state index in [0.717, 1.165) is 23.4 Å². The minimum absolute atomic E-state index is 0.349. The minimum atomic E-state index is 0.349. The standard InChI is InChI=1S/C10H11N3S/c1-2-4-8-7(3-1)12-9(13-8)10-11-5-6-14-10/h1-4,10-11H,5-6H2,(H,12,13). The van der Waals surface area contributed by atoms with Crippen LogP contribution in [0.4, 0.5) is 0 Å². The molecule has 72 valence electrons. The molecule has 1 unspecified atom stereocenters. The van der Waals surface area contributed by atoms with E-state index in [0.29, 0.717) is 5.37 Å². The van der Waals surface area contributed by atoms with Crippen molar-refractivity contribution in [3.63, 3.8) is 0 Å². The molecule has 1 aliphatic rings. The van der Waals surface area contributed by atoms with Crippen LogP contribution in [0.2, 0.25) is 0 Å². The molecular formula is C10H11N3S. The maximum Gasteiger partial charge on any atom is 0.134 e. The number of H-pyrrole nitrogens is 1. The Kier molecular flexibility index (Phi) is 1.96. The van der Waals surface area contributed by atoms with Gasteiger partial charge in [0.1, 0.15) is 11.2 Å². The molecule has 4 heteroatoms. The molecule has 1 atom stereocenters. The highest BCUT2D eigenvalue weighted by molar-refractivity contribution is 7.99. The molecule has 2 N–H and O–H groups in total. The number of benzene rings is 1. The summed E-state index contributed by atoms with van der Waals surface area (Å²) in [5, 5.41) is 3.75. The molecule has 0 aliphatic carbocycles. The fraction of sp³-hybridized carbons (Fsp3) is 0.300. The Labute approximate surface area is 86.3 Å². The zero-order valence-electron chi connectivity index (χ0n) is 7.66. The Morgan fingerprint density at radius 2 is 2.29 bits per heavy atom. The van der Waals surface area contributed by atoms with Crippen molar-refractivity contribution in [1.29, 1.82) is 0 Å². The van der Waals surface area contributed by atoms with Gasteiger partial charge >= 0.3 is 0 Å². The smallest absolute Gasteiger partial charge is 0.134 e. The molecule has 1 saturated heterocycles. The number of nitrogens with one attached hydrogen (secondary N) is 2. The molecule has 1 aliphatic heterocycles. The van der Waals surface area contributed by atoms with Crippen LogP contribution < -0.4 is 5.32 Å². The topological polar surface area (TPSA) is 40.7 Å². The van der Waals surface area contributed by atoms with E-state index in [9.17, 15) is 0 Å². The molecule has 14 heavy (non-hydrogen) atoms. The Balaban J connectivity index is 2.05. The second kappa shape index (κ2) is 3.29. The normalized spacial score (nSPS) is 21.9. The fourth-order valence-corrected chi connectivity index (χ4v) is 2.67. The molecule has 3 rings (SSSR count). The predicted molar refractivity (Wildman–Crippen MR) is 59.3 cm³/mol. The van der Waals surface area contributed by atoms with E-state index in [1.807, 2.05) is 30.0 Å². The minimum Gasteiger partial charge on any atom is -0.340 e. The van der Waals surface area contributed by atoms with Crippen molar-refractivity contribution in [3.05, 3.63) is 30.1 Å². The van der Waals surface area contributed by atoms with Crippen LogP contribution in [0.25, 0.3) is 11.0 Å². The summed E-state index contributed by atoms with van der Waals surface area (Å²) in [6.07, 6.45) is 0. The van der Waals surface area contributed by atoms with E-state index in [-0.39, 0.29) is 0 Å². The van der Waals surface area contributed by atoms with Crippen LogP contribution in [-0.2, 0) is 0 Å². The van der Waals surface area contributed by atoms with Crippen molar-refractivity contribution in [2.45, 2.75) is 5.37 Å². The van der Waals surface area contributed by atoms with Gasteiger partial charge in [-0.2, -0.15) is 0 Å². The van der Waals surface area contributed by atoms with Gasteiger partial charge in [0.05, 0.1) is 11.0 Å². The molecule has 0 bridgehead atoms. The van der Waals surface area contributed by atoms with E-state index in [2.05, 4.69) is 21.4 Å². The molecule has 1 aromatic heterocycles. The van der Waals surface area contributed by atoms with Crippen LogP contribution in [0.1, 0.15) is 11.2 Å². The summed E-state index contributed by atoms with van der Waals surface area (Å²) in [5.41, 5.74) is 2.17. The highest BCUT2D eigenvalue weighted by Crippen LogP contribution is 2.28. The second-order valence-electron chi connectivity index (χ2n) is 3.34. The molecular weight excluding hydrogens is 194 g/mol. The van der Waals surface area contributed by atoms with Crippen LogP contribution in [0, 0.1) is 0 Å². The lowest BCUT2D eigenvalue weighted by Crippen LogP contribution is -2.13. The van der Waals surface area contributed by atoms with Gasteiger partial charge in [-0.25, -0.2) is 4.98 Å². The first-order valence-corrected chi connectivity index (χ1v) is 5.78. The quantitative estimate of drug-likeness (QED) is 0.747. The first-order valence-electron chi connectivity index (χ1n) is 4.73. The third kappa shape index (κ3) is 1.31. The molecule has 3 nitrogen and oxygen atoms in total. The Morgan fingerprint density at radius 1 is 1.36 bits per heavy atom. The number of hydrogen-bond acceptors (Lipinski definition) is 3. The number of imidazole rings is 1. The SMILES string of the molecule is c1ccc2[nH]c(C3NCCS3)nc2c1. The van der Waals surface area contributed by atoms with E-state index in [1.54, 1.807) is 0 Å². The molecule has 0 radical (unpaired) electrons. The lowest BCUT2D eigenvalue weighted by atomic mass is 10.3. The molecule has 0 amide bonds. The van der Waals surface area contributed by atoms with E-state index < -0.39 is 0 Å². The van der Waals surface area contributed by atoms with Crippen LogP contribution in [0.3, 0.4) is 0 Å². The van der Waals surface area contributed by atoms with Gasteiger partial charge < -0.3 is 4.98 Å². The number of para-hydroxylation sites is 2. The maximum atomic E-state index is 4.56. The highest BCUT2D eigenvalue weighted by Gasteiger charge is 2.19. The summed E-state index contributed by atoms with van der Waals surface area (Å²) < 4.78 is 0. The average Bonchev–Trinajstić information content (AvgIpc) is 2.86. The second-order valence-corrected chi connectivity index (χ2v) is 4.56. The summed E-state index contributed by atoms with van der Waals surface area (Å²) in [6.45, 7) is 1.08. The average molecular weight is 205 g/mol. The molecule has 2 heterocycles. The van der Waals surface area contributed by atoms with Gasteiger partial charge in [-0.05, 0) is 12.1 Å². The van der Waals surface area contributed by atoms with Crippen LogP contribution in [0.15, 0.2) is 24.3 Å². The molecule has 0 spiro atoms. The first kappa shape index (κ1) is 8.32. The molecule has 1 aromatic carbocycles. The van der Waals surface area contributed by atoms with Gasteiger partial charge in [0.25, 0.3) is 0 Å².